The van der Waals surface area contributed by atoms with Gasteiger partial charge in [0.05, 0.1) is 18.4 Å². The molecule has 0 unspecified atom stereocenters. The lowest BCUT2D eigenvalue weighted by molar-refractivity contribution is 0.410. The third-order valence-corrected chi connectivity index (χ3v) is 4.80. The standard InChI is InChI=1S/C21H15ClN4O.ClH/c22-17-5-3-4-15(10-17)19-11-21(27-24-19)26-13-16(12-25-9-8-23-14-25)18-6-1-2-7-20(18)26;/h1-11,13-14H,12H2;1H. The molecule has 5 nitrogen and oxygen atoms in total. The first-order valence-corrected chi connectivity index (χ1v) is 8.93. The Morgan fingerprint density at radius 3 is 2.75 bits per heavy atom. The maximum atomic E-state index is 6.10. The fraction of sp³-hybridized carbons (Fsp3) is 0.0476. The van der Waals surface area contributed by atoms with E-state index in [-0.39, 0.29) is 12.4 Å². The van der Waals surface area contributed by atoms with Gasteiger partial charge in [0.2, 0.25) is 5.88 Å². The van der Waals surface area contributed by atoms with Crippen LogP contribution in [0.1, 0.15) is 5.56 Å². The van der Waals surface area contributed by atoms with E-state index in [9.17, 15) is 0 Å². The minimum Gasteiger partial charge on any atom is -0.337 e. The Balaban J connectivity index is 0.00000192. The molecule has 0 spiro atoms. The molecule has 7 heteroatoms. The Labute approximate surface area is 172 Å². The van der Waals surface area contributed by atoms with Gasteiger partial charge in [-0.25, -0.2) is 4.98 Å². The zero-order valence-electron chi connectivity index (χ0n) is 14.7. The third kappa shape index (κ3) is 3.30. The zero-order valence-corrected chi connectivity index (χ0v) is 16.3. The number of rotatable bonds is 4. The highest BCUT2D eigenvalue weighted by Crippen LogP contribution is 2.29. The molecule has 0 amide bonds. The van der Waals surface area contributed by atoms with Crippen LogP contribution in [0.25, 0.3) is 28.0 Å². The maximum absolute atomic E-state index is 6.10. The van der Waals surface area contributed by atoms with E-state index in [0.717, 1.165) is 23.3 Å². The van der Waals surface area contributed by atoms with E-state index in [0.29, 0.717) is 10.9 Å². The van der Waals surface area contributed by atoms with Crippen molar-refractivity contribution in [2.45, 2.75) is 6.54 Å². The van der Waals surface area contributed by atoms with E-state index in [1.165, 1.54) is 10.9 Å². The second-order valence-electron chi connectivity index (χ2n) is 6.34. The number of hydrogen-bond donors (Lipinski definition) is 0. The number of imidazole rings is 1. The smallest absolute Gasteiger partial charge is 0.236 e. The average molecular weight is 411 g/mol. The number of hydrogen-bond acceptors (Lipinski definition) is 3. The Morgan fingerprint density at radius 2 is 1.93 bits per heavy atom. The van der Waals surface area contributed by atoms with Gasteiger partial charge in [0, 0.05) is 40.6 Å². The molecule has 2 aromatic carbocycles. The monoisotopic (exact) mass is 410 g/mol. The molecule has 0 aliphatic rings. The predicted octanol–water partition coefficient (Wildman–Crippen LogP) is 5.61. The van der Waals surface area contributed by atoms with Gasteiger partial charge in [0.15, 0.2) is 0 Å². The van der Waals surface area contributed by atoms with Crippen LogP contribution in [0.15, 0.2) is 84.0 Å². The summed E-state index contributed by atoms with van der Waals surface area (Å²) in [5.41, 5.74) is 3.93. The topological polar surface area (TPSA) is 48.8 Å². The van der Waals surface area contributed by atoms with Crippen molar-refractivity contribution in [2.75, 3.05) is 0 Å². The van der Waals surface area contributed by atoms with Crippen molar-refractivity contribution in [1.82, 2.24) is 19.3 Å². The summed E-state index contributed by atoms with van der Waals surface area (Å²) in [4.78, 5) is 4.12. The van der Waals surface area contributed by atoms with Crippen LogP contribution in [0.3, 0.4) is 0 Å². The van der Waals surface area contributed by atoms with Gasteiger partial charge in [0.1, 0.15) is 5.69 Å². The highest BCUT2D eigenvalue weighted by Gasteiger charge is 2.14. The largest absolute Gasteiger partial charge is 0.337 e. The van der Waals surface area contributed by atoms with Crippen molar-refractivity contribution >= 4 is 34.9 Å². The molecule has 0 saturated heterocycles. The summed E-state index contributed by atoms with van der Waals surface area (Å²) in [7, 11) is 0. The molecule has 3 aromatic heterocycles. The second kappa shape index (κ2) is 7.54. The molecular formula is C21H16Cl2N4O. The zero-order chi connectivity index (χ0) is 18.2. The molecule has 140 valence electrons. The van der Waals surface area contributed by atoms with Crippen LogP contribution in [0.5, 0.6) is 0 Å². The van der Waals surface area contributed by atoms with Gasteiger partial charge in [-0.1, -0.05) is 47.1 Å². The Hall–Kier alpha value is -3.02. The summed E-state index contributed by atoms with van der Waals surface area (Å²) in [5, 5.41) is 6.07. The fourth-order valence-electron chi connectivity index (χ4n) is 3.30. The summed E-state index contributed by atoms with van der Waals surface area (Å²) >= 11 is 6.10. The van der Waals surface area contributed by atoms with E-state index in [2.05, 4.69) is 28.5 Å². The highest BCUT2D eigenvalue weighted by atomic mass is 35.5. The molecule has 0 N–H and O–H groups in total. The minimum atomic E-state index is 0. The molecule has 0 radical (unpaired) electrons. The van der Waals surface area contributed by atoms with Crippen LogP contribution in [-0.2, 0) is 6.54 Å². The summed E-state index contributed by atoms with van der Waals surface area (Å²) in [6, 6.07) is 17.8. The molecule has 0 saturated carbocycles. The Bertz CT molecular complexity index is 1220. The van der Waals surface area contributed by atoms with E-state index in [1.807, 2.05) is 64.1 Å². The molecule has 0 fully saturated rings. The van der Waals surface area contributed by atoms with Crippen molar-refractivity contribution in [2.24, 2.45) is 0 Å². The van der Waals surface area contributed by atoms with Gasteiger partial charge in [0.25, 0.3) is 0 Å². The van der Waals surface area contributed by atoms with Crippen molar-refractivity contribution in [1.29, 1.82) is 0 Å². The van der Waals surface area contributed by atoms with Gasteiger partial charge in [-0.05, 0) is 23.8 Å². The molecule has 0 aliphatic carbocycles. The lowest BCUT2D eigenvalue weighted by Gasteiger charge is -1.99. The van der Waals surface area contributed by atoms with Crippen LogP contribution in [0.2, 0.25) is 5.02 Å². The van der Waals surface area contributed by atoms with Gasteiger partial charge in [-0.3, -0.25) is 4.57 Å². The van der Waals surface area contributed by atoms with Gasteiger partial charge in [-0.2, -0.15) is 0 Å². The lowest BCUT2D eigenvalue weighted by Crippen LogP contribution is -1.95. The normalized spacial score (nSPS) is 10.9. The van der Waals surface area contributed by atoms with E-state index in [4.69, 9.17) is 16.1 Å². The third-order valence-electron chi connectivity index (χ3n) is 4.56. The fourth-order valence-corrected chi connectivity index (χ4v) is 3.49. The maximum Gasteiger partial charge on any atom is 0.236 e. The van der Waals surface area contributed by atoms with E-state index in [1.54, 1.807) is 6.20 Å². The minimum absolute atomic E-state index is 0. The van der Waals surface area contributed by atoms with Crippen molar-refractivity contribution in [3.63, 3.8) is 0 Å². The van der Waals surface area contributed by atoms with Crippen LogP contribution in [0, 0.1) is 0 Å². The van der Waals surface area contributed by atoms with Crippen LogP contribution >= 0.6 is 24.0 Å². The van der Waals surface area contributed by atoms with Crippen LogP contribution < -0.4 is 0 Å². The molecule has 0 atom stereocenters. The van der Waals surface area contributed by atoms with Crippen molar-refractivity contribution in [3.8, 4) is 17.1 Å². The SMILES string of the molecule is Cl.Clc1cccc(-c2cc(-n3cc(Cn4ccnc4)c4ccccc43)on2)c1. The van der Waals surface area contributed by atoms with Crippen LogP contribution in [0.4, 0.5) is 0 Å². The molecule has 0 aliphatic heterocycles. The molecular weight excluding hydrogens is 395 g/mol. The summed E-state index contributed by atoms with van der Waals surface area (Å²) in [5.74, 6) is 0.665. The van der Waals surface area contributed by atoms with Gasteiger partial charge >= 0.3 is 0 Å². The first kappa shape index (κ1) is 18.3. The van der Waals surface area contributed by atoms with Crippen LogP contribution in [-0.4, -0.2) is 19.3 Å². The summed E-state index contributed by atoms with van der Waals surface area (Å²) < 4.78 is 9.73. The van der Waals surface area contributed by atoms with E-state index >= 15 is 0 Å². The average Bonchev–Trinajstić information content (AvgIpc) is 3.42. The van der Waals surface area contributed by atoms with E-state index < -0.39 is 0 Å². The quantitative estimate of drug-likeness (QED) is 0.387. The molecule has 28 heavy (non-hydrogen) atoms. The lowest BCUT2D eigenvalue weighted by atomic mass is 10.1. The van der Waals surface area contributed by atoms with Gasteiger partial charge in [-0.15, -0.1) is 12.4 Å². The first-order chi connectivity index (χ1) is 13.3. The number of benzene rings is 2. The molecule has 5 rings (SSSR count). The van der Waals surface area contributed by atoms with Crippen molar-refractivity contribution in [3.05, 3.63) is 90.1 Å². The number of aromatic nitrogens is 4. The predicted molar refractivity (Wildman–Crippen MR) is 112 cm³/mol. The van der Waals surface area contributed by atoms with Gasteiger partial charge < -0.3 is 9.09 Å². The van der Waals surface area contributed by atoms with Crippen molar-refractivity contribution < 1.29 is 4.52 Å². The molecule has 3 heterocycles. The Morgan fingerprint density at radius 1 is 1.04 bits per heavy atom. The summed E-state index contributed by atoms with van der Waals surface area (Å²) in [6.45, 7) is 0.739. The second-order valence-corrected chi connectivity index (χ2v) is 6.77. The number of nitrogens with zero attached hydrogens (tertiary/aromatic N) is 4. The number of para-hydroxylation sites is 1. The Kier molecular flexibility index (Phi) is 4.94. The number of fused-ring (bicyclic) bond motifs is 1. The number of halogens is 2. The first-order valence-electron chi connectivity index (χ1n) is 8.56. The molecule has 5 aromatic rings. The molecule has 0 bridgehead atoms. The highest BCUT2D eigenvalue weighted by molar-refractivity contribution is 6.30. The summed E-state index contributed by atoms with van der Waals surface area (Å²) in [6.07, 6.45) is 7.65.